The number of carbonyl (C=O) groups excluding carboxylic acids is 1. The zero-order valence-corrected chi connectivity index (χ0v) is 15.2. The summed E-state index contributed by atoms with van der Waals surface area (Å²) in [5.41, 5.74) is 0.674. The number of hydrogen-bond donors (Lipinski definition) is 2. The molecule has 2 N–H and O–H groups in total. The minimum Gasteiger partial charge on any atom is -0.481 e. The number of aliphatic carboxylic acids is 1. The van der Waals surface area contributed by atoms with Gasteiger partial charge in [-0.2, -0.15) is 0 Å². The molecule has 0 bridgehead atoms. The molecule has 5 heteroatoms. The van der Waals surface area contributed by atoms with Crippen LogP contribution in [0.15, 0.2) is 23.3 Å². The van der Waals surface area contributed by atoms with Crippen LogP contribution in [0.5, 0.6) is 0 Å². The van der Waals surface area contributed by atoms with Crippen LogP contribution in [-0.4, -0.2) is 28.4 Å². The average molecular weight is 348 g/mol. The van der Waals surface area contributed by atoms with Crippen LogP contribution in [-0.2, 0) is 14.3 Å². The van der Waals surface area contributed by atoms with E-state index in [1.807, 2.05) is 6.92 Å². The fraction of sp³-hybridized carbons (Fsp3) is 0.700. The number of ether oxygens (including phenoxy) is 1. The molecule has 0 unspecified atom stereocenters. The lowest BCUT2D eigenvalue weighted by Crippen LogP contribution is -2.54. The van der Waals surface area contributed by atoms with Crippen LogP contribution in [0.3, 0.4) is 0 Å². The number of allylic oxidation sites excluding steroid dienone is 1. The Hall–Kier alpha value is -1.62. The third-order valence-electron chi connectivity index (χ3n) is 7.28. The number of aliphatic hydroxyl groups excluding tert-OH is 1. The molecule has 0 aromatic heterocycles. The summed E-state index contributed by atoms with van der Waals surface area (Å²) in [5.74, 6) is -0.739. The quantitative estimate of drug-likeness (QED) is 0.601. The van der Waals surface area contributed by atoms with Gasteiger partial charge < -0.3 is 14.9 Å². The second-order valence-electron chi connectivity index (χ2n) is 8.25. The van der Waals surface area contributed by atoms with Gasteiger partial charge in [0.1, 0.15) is 0 Å². The molecular formula is C20H28O5. The van der Waals surface area contributed by atoms with Crippen molar-refractivity contribution in [3.8, 4) is 0 Å². The highest BCUT2D eigenvalue weighted by molar-refractivity contribution is 5.85. The first-order valence-corrected chi connectivity index (χ1v) is 9.21. The van der Waals surface area contributed by atoms with Gasteiger partial charge in [0, 0.05) is 11.6 Å². The van der Waals surface area contributed by atoms with Crippen LogP contribution in [0, 0.1) is 22.7 Å². The van der Waals surface area contributed by atoms with Crippen molar-refractivity contribution in [1.82, 2.24) is 0 Å². The van der Waals surface area contributed by atoms with Gasteiger partial charge in [0.15, 0.2) is 0 Å². The van der Waals surface area contributed by atoms with Crippen molar-refractivity contribution in [3.63, 3.8) is 0 Å². The Kier molecular flexibility index (Phi) is 4.56. The molecule has 3 rings (SSSR count). The largest absolute Gasteiger partial charge is 0.481 e. The zero-order valence-electron chi connectivity index (χ0n) is 15.2. The first kappa shape index (κ1) is 18.2. The third kappa shape index (κ3) is 2.73. The van der Waals surface area contributed by atoms with Crippen LogP contribution in [0.2, 0.25) is 0 Å². The molecule has 0 amide bonds. The Bertz CT molecular complexity index is 648. The lowest BCUT2D eigenvalue weighted by Gasteiger charge is -2.57. The highest BCUT2D eigenvalue weighted by Gasteiger charge is 2.59. The second-order valence-corrected chi connectivity index (χ2v) is 8.25. The molecule has 0 saturated heterocycles. The SMILES string of the molecule is CC1=CCC[C@H]2[C@@]1(C(=O)O)CC[C@@H](C)[C@]2(C)CCC1=CC(=O)O[C@@H]1O. The van der Waals surface area contributed by atoms with Gasteiger partial charge in [-0.15, -0.1) is 0 Å². The van der Waals surface area contributed by atoms with Gasteiger partial charge in [-0.25, -0.2) is 4.79 Å². The van der Waals surface area contributed by atoms with Crippen LogP contribution < -0.4 is 0 Å². The monoisotopic (exact) mass is 348 g/mol. The molecule has 0 radical (unpaired) electrons. The minimum absolute atomic E-state index is 0.0713. The molecule has 1 fully saturated rings. The number of carboxylic acid groups (broad SMARTS) is 1. The van der Waals surface area contributed by atoms with Crippen LogP contribution in [0.25, 0.3) is 0 Å². The summed E-state index contributed by atoms with van der Waals surface area (Å²) < 4.78 is 4.78. The van der Waals surface area contributed by atoms with Gasteiger partial charge in [0.05, 0.1) is 5.41 Å². The third-order valence-corrected chi connectivity index (χ3v) is 7.28. The van der Waals surface area contributed by atoms with Gasteiger partial charge in [-0.05, 0) is 62.7 Å². The number of aliphatic hydroxyl groups is 1. The summed E-state index contributed by atoms with van der Waals surface area (Å²) in [6.45, 7) is 6.37. The van der Waals surface area contributed by atoms with Gasteiger partial charge in [-0.1, -0.05) is 25.5 Å². The van der Waals surface area contributed by atoms with E-state index in [-0.39, 0.29) is 11.3 Å². The molecule has 5 nitrogen and oxygen atoms in total. The highest BCUT2D eigenvalue weighted by atomic mass is 16.6. The van der Waals surface area contributed by atoms with Crippen molar-refractivity contribution >= 4 is 11.9 Å². The smallest absolute Gasteiger partial charge is 0.333 e. The van der Waals surface area contributed by atoms with E-state index in [0.29, 0.717) is 24.3 Å². The zero-order chi connectivity index (χ0) is 18.4. The maximum Gasteiger partial charge on any atom is 0.333 e. The molecule has 2 aliphatic carbocycles. The van der Waals surface area contributed by atoms with Crippen molar-refractivity contribution in [1.29, 1.82) is 0 Å². The lowest BCUT2D eigenvalue weighted by atomic mass is 9.46. The van der Waals surface area contributed by atoms with Gasteiger partial charge in [0.25, 0.3) is 0 Å². The predicted octanol–water partition coefficient (Wildman–Crippen LogP) is 3.43. The van der Waals surface area contributed by atoms with E-state index in [9.17, 15) is 19.8 Å². The van der Waals surface area contributed by atoms with E-state index in [0.717, 1.165) is 31.3 Å². The molecule has 25 heavy (non-hydrogen) atoms. The molecule has 5 atom stereocenters. The van der Waals surface area contributed by atoms with Gasteiger partial charge in [-0.3, -0.25) is 4.79 Å². The maximum absolute atomic E-state index is 12.3. The van der Waals surface area contributed by atoms with E-state index >= 15 is 0 Å². The Morgan fingerprint density at radius 3 is 2.72 bits per heavy atom. The summed E-state index contributed by atoms with van der Waals surface area (Å²) in [5, 5.41) is 20.0. The van der Waals surface area contributed by atoms with Crippen LogP contribution in [0.1, 0.15) is 59.3 Å². The van der Waals surface area contributed by atoms with Crippen LogP contribution >= 0.6 is 0 Å². The summed E-state index contributed by atoms with van der Waals surface area (Å²) in [7, 11) is 0. The van der Waals surface area contributed by atoms with E-state index < -0.39 is 23.6 Å². The predicted molar refractivity (Wildman–Crippen MR) is 92.5 cm³/mol. The summed E-state index contributed by atoms with van der Waals surface area (Å²) in [4.78, 5) is 23.6. The molecule has 0 aromatic carbocycles. The Balaban J connectivity index is 1.90. The first-order valence-electron chi connectivity index (χ1n) is 9.21. The van der Waals surface area contributed by atoms with Crippen LogP contribution in [0.4, 0.5) is 0 Å². The van der Waals surface area contributed by atoms with E-state index in [2.05, 4.69) is 19.9 Å². The highest BCUT2D eigenvalue weighted by Crippen LogP contribution is 2.62. The summed E-state index contributed by atoms with van der Waals surface area (Å²) in [6.07, 6.45) is 6.99. The fourth-order valence-corrected chi connectivity index (χ4v) is 5.45. The van der Waals surface area contributed by atoms with Crippen molar-refractivity contribution < 1.29 is 24.5 Å². The number of carboxylic acids is 1. The number of carbonyl (C=O) groups is 2. The topological polar surface area (TPSA) is 83.8 Å². The maximum atomic E-state index is 12.3. The number of cyclic esters (lactones) is 1. The van der Waals surface area contributed by atoms with E-state index in [4.69, 9.17) is 4.74 Å². The van der Waals surface area contributed by atoms with Gasteiger partial charge >= 0.3 is 11.9 Å². The molecule has 1 saturated carbocycles. The van der Waals surface area contributed by atoms with E-state index in [1.54, 1.807) is 0 Å². The number of fused-ring (bicyclic) bond motifs is 1. The Morgan fingerprint density at radius 1 is 1.40 bits per heavy atom. The van der Waals surface area contributed by atoms with Crippen molar-refractivity contribution in [2.24, 2.45) is 22.7 Å². The average Bonchev–Trinajstić information content (AvgIpc) is 2.87. The summed E-state index contributed by atoms with van der Waals surface area (Å²) >= 11 is 0. The number of esters is 1. The molecule has 1 aliphatic heterocycles. The van der Waals surface area contributed by atoms with Crippen molar-refractivity contribution in [2.75, 3.05) is 0 Å². The normalized spacial score (nSPS) is 40.8. The minimum atomic E-state index is -1.15. The van der Waals surface area contributed by atoms with Crippen molar-refractivity contribution in [2.45, 2.75) is 65.6 Å². The van der Waals surface area contributed by atoms with E-state index in [1.165, 1.54) is 6.08 Å². The van der Waals surface area contributed by atoms with Gasteiger partial charge in [0.2, 0.25) is 6.29 Å². The summed E-state index contributed by atoms with van der Waals surface area (Å²) in [6, 6.07) is 0. The second kappa shape index (κ2) is 6.27. The number of hydrogen-bond acceptors (Lipinski definition) is 4. The van der Waals surface area contributed by atoms with Crippen molar-refractivity contribution in [3.05, 3.63) is 23.3 Å². The number of rotatable bonds is 4. The lowest BCUT2D eigenvalue weighted by molar-refractivity contribution is -0.162. The molecule has 1 heterocycles. The first-order chi connectivity index (χ1) is 11.7. The molecule has 3 aliphatic rings. The molecular weight excluding hydrogens is 320 g/mol. The standard InChI is InChI=1S/C20H28O5/c1-12-7-10-20(18(23)24)13(2)5-4-6-15(20)19(12,3)9-8-14-11-16(21)25-17(14)22/h5,11-12,15,17,22H,4,6-10H2,1-3H3,(H,23,24)/t12-,15-,17+,19+,20-/m1/s1. The molecule has 138 valence electrons. The molecule has 0 aromatic rings. The Morgan fingerprint density at radius 2 is 2.12 bits per heavy atom. The Labute approximate surface area is 148 Å². The molecule has 0 spiro atoms. The fourth-order valence-electron chi connectivity index (χ4n) is 5.45.